The van der Waals surface area contributed by atoms with Gasteiger partial charge in [0.05, 0.1) is 4.90 Å². The van der Waals surface area contributed by atoms with Crippen molar-refractivity contribution in [3.63, 3.8) is 0 Å². The predicted octanol–water partition coefficient (Wildman–Crippen LogP) is 2.82. The summed E-state index contributed by atoms with van der Waals surface area (Å²) >= 11 is 0. The van der Waals surface area contributed by atoms with Crippen LogP contribution in [0.2, 0.25) is 0 Å². The molecule has 0 spiro atoms. The highest BCUT2D eigenvalue weighted by Gasteiger charge is 2.15. The molecule has 0 saturated heterocycles. The maximum Gasteiger partial charge on any atom is 0.261 e. The van der Waals surface area contributed by atoms with Gasteiger partial charge in [0.25, 0.3) is 10.0 Å². The molecule has 0 aromatic heterocycles. The summed E-state index contributed by atoms with van der Waals surface area (Å²) in [5.41, 5.74) is 9.12. The van der Waals surface area contributed by atoms with Crippen LogP contribution >= 0.6 is 0 Å². The van der Waals surface area contributed by atoms with E-state index in [0.29, 0.717) is 12.2 Å². The van der Waals surface area contributed by atoms with E-state index in [-0.39, 0.29) is 4.90 Å². The van der Waals surface area contributed by atoms with Crippen molar-refractivity contribution in [1.82, 2.24) is 0 Å². The van der Waals surface area contributed by atoms with Gasteiger partial charge in [-0.15, -0.1) is 0 Å². The number of nitrogens with one attached hydrogen (secondary N) is 1. The summed E-state index contributed by atoms with van der Waals surface area (Å²) in [4.78, 5) is 0.232. The number of hydrogen-bond donors (Lipinski definition) is 2. The smallest absolute Gasteiger partial charge is 0.261 e. The van der Waals surface area contributed by atoms with Crippen molar-refractivity contribution >= 4 is 15.7 Å². The lowest BCUT2D eigenvalue weighted by atomic mass is 10.1. The van der Waals surface area contributed by atoms with Gasteiger partial charge in [-0.2, -0.15) is 0 Å². The molecule has 0 aliphatic carbocycles. The SMILES string of the molecule is CCc1cccc(NS(=O)(=O)c2ccc(C)c(CN)c2)c1. The van der Waals surface area contributed by atoms with Gasteiger partial charge < -0.3 is 5.73 Å². The summed E-state index contributed by atoms with van der Waals surface area (Å²) < 4.78 is 27.5. The average molecular weight is 304 g/mol. The topological polar surface area (TPSA) is 72.2 Å². The van der Waals surface area contributed by atoms with Crippen molar-refractivity contribution in [2.45, 2.75) is 31.7 Å². The molecule has 0 radical (unpaired) electrons. The molecule has 2 rings (SSSR count). The lowest BCUT2D eigenvalue weighted by molar-refractivity contribution is 0.601. The molecule has 0 bridgehead atoms. The summed E-state index contributed by atoms with van der Waals surface area (Å²) in [5.74, 6) is 0. The van der Waals surface area contributed by atoms with Gasteiger partial charge in [-0.05, 0) is 54.3 Å². The second-order valence-corrected chi connectivity index (χ2v) is 6.63. The normalized spacial score (nSPS) is 11.4. The first-order valence-corrected chi connectivity index (χ1v) is 8.36. The zero-order valence-corrected chi connectivity index (χ0v) is 13.1. The number of nitrogens with two attached hydrogens (primary N) is 1. The molecule has 0 atom stereocenters. The Labute approximate surface area is 126 Å². The van der Waals surface area contributed by atoms with Crippen LogP contribution in [0.4, 0.5) is 5.69 Å². The van der Waals surface area contributed by atoms with E-state index in [1.54, 1.807) is 24.3 Å². The van der Waals surface area contributed by atoms with Crippen LogP contribution in [0.1, 0.15) is 23.6 Å². The number of hydrogen-bond acceptors (Lipinski definition) is 3. The molecule has 21 heavy (non-hydrogen) atoms. The fourth-order valence-corrected chi connectivity index (χ4v) is 3.20. The number of aryl methyl sites for hydroxylation is 2. The molecule has 0 aliphatic heterocycles. The van der Waals surface area contributed by atoms with Crippen LogP contribution in [0.5, 0.6) is 0 Å². The molecule has 0 fully saturated rings. The molecule has 4 nitrogen and oxygen atoms in total. The van der Waals surface area contributed by atoms with Crippen molar-refractivity contribution in [3.8, 4) is 0 Å². The second-order valence-electron chi connectivity index (χ2n) is 4.95. The van der Waals surface area contributed by atoms with Gasteiger partial charge in [0.15, 0.2) is 0 Å². The highest BCUT2D eigenvalue weighted by atomic mass is 32.2. The zero-order chi connectivity index (χ0) is 15.5. The molecule has 0 aliphatic rings. The Morgan fingerprint density at radius 2 is 1.90 bits per heavy atom. The summed E-state index contributed by atoms with van der Waals surface area (Å²) in [6.45, 7) is 4.26. The van der Waals surface area contributed by atoms with E-state index in [0.717, 1.165) is 23.1 Å². The van der Waals surface area contributed by atoms with Crippen LogP contribution < -0.4 is 10.5 Å². The molecule has 112 valence electrons. The largest absolute Gasteiger partial charge is 0.326 e. The maximum absolute atomic E-state index is 12.4. The molecular formula is C16H20N2O2S. The van der Waals surface area contributed by atoms with Crippen LogP contribution in [0.15, 0.2) is 47.4 Å². The third-order valence-corrected chi connectivity index (χ3v) is 4.82. The monoisotopic (exact) mass is 304 g/mol. The van der Waals surface area contributed by atoms with Gasteiger partial charge in [0.1, 0.15) is 0 Å². The fourth-order valence-electron chi connectivity index (χ4n) is 2.10. The minimum atomic E-state index is -3.59. The highest BCUT2D eigenvalue weighted by Crippen LogP contribution is 2.20. The van der Waals surface area contributed by atoms with E-state index in [9.17, 15) is 8.42 Å². The van der Waals surface area contributed by atoms with Crippen LogP contribution in [0, 0.1) is 6.92 Å². The van der Waals surface area contributed by atoms with Crippen LogP contribution in [0.3, 0.4) is 0 Å². The van der Waals surface area contributed by atoms with Crippen molar-refractivity contribution in [2.75, 3.05) is 4.72 Å². The number of benzene rings is 2. The van der Waals surface area contributed by atoms with E-state index in [4.69, 9.17) is 5.73 Å². The summed E-state index contributed by atoms with van der Waals surface area (Å²) in [5, 5.41) is 0. The lowest BCUT2D eigenvalue weighted by Gasteiger charge is -2.11. The average Bonchev–Trinajstić information content (AvgIpc) is 2.47. The molecule has 2 aromatic carbocycles. The van der Waals surface area contributed by atoms with E-state index in [2.05, 4.69) is 4.72 Å². The molecule has 0 amide bonds. The van der Waals surface area contributed by atoms with Gasteiger partial charge in [0.2, 0.25) is 0 Å². The van der Waals surface area contributed by atoms with Gasteiger partial charge in [-0.25, -0.2) is 8.42 Å². The first-order chi connectivity index (χ1) is 9.96. The second kappa shape index (κ2) is 6.28. The van der Waals surface area contributed by atoms with Crippen LogP contribution in [-0.2, 0) is 23.0 Å². The minimum absolute atomic E-state index is 0.232. The zero-order valence-electron chi connectivity index (χ0n) is 12.3. The summed E-state index contributed by atoms with van der Waals surface area (Å²) in [7, 11) is -3.59. The Balaban J connectivity index is 2.33. The number of anilines is 1. The van der Waals surface area contributed by atoms with E-state index >= 15 is 0 Å². The maximum atomic E-state index is 12.4. The van der Waals surface area contributed by atoms with E-state index in [1.165, 1.54) is 0 Å². The van der Waals surface area contributed by atoms with Crippen LogP contribution in [0.25, 0.3) is 0 Å². The Hall–Kier alpha value is -1.85. The van der Waals surface area contributed by atoms with Gasteiger partial charge in [-0.1, -0.05) is 25.1 Å². The quantitative estimate of drug-likeness (QED) is 0.892. The standard InChI is InChI=1S/C16H20N2O2S/c1-3-13-5-4-6-15(9-13)18-21(19,20)16-8-7-12(2)14(10-16)11-17/h4-10,18H,3,11,17H2,1-2H3. The number of rotatable bonds is 5. The van der Waals surface area contributed by atoms with Crippen molar-refractivity contribution in [1.29, 1.82) is 0 Å². The molecule has 5 heteroatoms. The van der Waals surface area contributed by atoms with Crippen LogP contribution in [-0.4, -0.2) is 8.42 Å². The van der Waals surface area contributed by atoms with Crippen molar-refractivity contribution < 1.29 is 8.42 Å². The third-order valence-electron chi connectivity index (χ3n) is 3.44. The molecular weight excluding hydrogens is 284 g/mol. The van der Waals surface area contributed by atoms with Crippen molar-refractivity contribution in [2.24, 2.45) is 5.73 Å². The Morgan fingerprint density at radius 3 is 2.57 bits per heavy atom. The highest BCUT2D eigenvalue weighted by molar-refractivity contribution is 7.92. The molecule has 2 aromatic rings. The van der Waals surface area contributed by atoms with E-state index in [1.807, 2.05) is 32.0 Å². The van der Waals surface area contributed by atoms with Gasteiger partial charge in [0, 0.05) is 12.2 Å². The molecule has 0 heterocycles. The molecule has 0 saturated carbocycles. The number of sulfonamides is 1. The Bertz CT molecular complexity index is 740. The Kier molecular flexibility index (Phi) is 4.65. The first kappa shape index (κ1) is 15.5. The van der Waals surface area contributed by atoms with Crippen molar-refractivity contribution in [3.05, 3.63) is 59.2 Å². The minimum Gasteiger partial charge on any atom is -0.326 e. The fraction of sp³-hybridized carbons (Fsp3) is 0.250. The van der Waals surface area contributed by atoms with Gasteiger partial charge >= 0.3 is 0 Å². The molecule has 3 N–H and O–H groups in total. The van der Waals surface area contributed by atoms with E-state index < -0.39 is 10.0 Å². The Morgan fingerprint density at radius 1 is 1.14 bits per heavy atom. The third kappa shape index (κ3) is 3.62. The first-order valence-electron chi connectivity index (χ1n) is 6.87. The lowest BCUT2D eigenvalue weighted by Crippen LogP contribution is -2.14. The van der Waals surface area contributed by atoms with Gasteiger partial charge in [-0.3, -0.25) is 4.72 Å². The summed E-state index contributed by atoms with van der Waals surface area (Å²) in [6.07, 6.45) is 0.859. The summed E-state index contributed by atoms with van der Waals surface area (Å²) in [6, 6.07) is 12.4. The predicted molar refractivity (Wildman–Crippen MR) is 85.7 cm³/mol. The molecule has 0 unspecified atom stereocenters.